The third-order valence-electron chi connectivity index (χ3n) is 6.76. The van der Waals surface area contributed by atoms with E-state index in [1.165, 1.54) is 0 Å². The first-order chi connectivity index (χ1) is 15.5. The number of fused-ring (bicyclic) bond motifs is 1. The van der Waals surface area contributed by atoms with Gasteiger partial charge in [-0.2, -0.15) is 5.10 Å². The van der Waals surface area contributed by atoms with Crippen LogP contribution in [0.4, 0.5) is 11.4 Å². The molecule has 3 aromatic rings. The lowest BCUT2D eigenvalue weighted by Gasteiger charge is -2.25. The van der Waals surface area contributed by atoms with Crippen LogP contribution in [0.1, 0.15) is 60.7 Å². The Morgan fingerprint density at radius 1 is 1.16 bits per heavy atom. The van der Waals surface area contributed by atoms with Gasteiger partial charge in [-0.3, -0.25) is 14.7 Å². The van der Waals surface area contributed by atoms with E-state index in [9.17, 15) is 15.1 Å². The van der Waals surface area contributed by atoms with Crippen molar-refractivity contribution < 1.29 is 19.8 Å². The van der Waals surface area contributed by atoms with Crippen LogP contribution in [0, 0.1) is 6.92 Å². The van der Waals surface area contributed by atoms with Crippen molar-refractivity contribution >= 4 is 28.2 Å². The number of anilines is 2. The largest absolute Gasteiger partial charge is 0.393 e. The molecule has 8 heteroatoms. The fourth-order valence-electron chi connectivity index (χ4n) is 4.88. The highest BCUT2D eigenvalue weighted by Crippen LogP contribution is 2.35. The van der Waals surface area contributed by atoms with Gasteiger partial charge < -0.3 is 15.3 Å². The van der Waals surface area contributed by atoms with E-state index >= 15 is 0 Å². The fraction of sp³-hybridized carbons (Fsp3) is 0.458. The van der Waals surface area contributed by atoms with Crippen LogP contribution in [0.25, 0.3) is 10.9 Å². The van der Waals surface area contributed by atoms with Gasteiger partial charge in [0.05, 0.1) is 29.0 Å². The van der Waals surface area contributed by atoms with Gasteiger partial charge in [0, 0.05) is 48.5 Å². The van der Waals surface area contributed by atoms with E-state index in [1.54, 1.807) is 25.1 Å². The molecule has 2 fully saturated rings. The lowest BCUT2D eigenvalue weighted by molar-refractivity contribution is -0.909. The van der Waals surface area contributed by atoms with Gasteiger partial charge in [0.2, 0.25) is 5.69 Å². The number of aliphatic hydroxyl groups is 1. The Morgan fingerprint density at radius 2 is 1.91 bits per heavy atom. The molecule has 0 spiro atoms. The van der Waals surface area contributed by atoms with E-state index < -0.39 is 0 Å². The normalized spacial score (nSPS) is 21.2. The molecule has 32 heavy (non-hydrogen) atoms. The second-order valence-electron chi connectivity index (χ2n) is 9.01. The van der Waals surface area contributed by atoms with Crippen LogP contribution in [0.2, 0.25) is 0 Å². The number of hydrogen-bond donors (Lipinski definition) is 3. The molecule has 0 radical (unpaired) electrons. The average Bonchev–Trinajstić information content (AvgIpc) is 3.45. The standard InChI is InChI=1S/C24H29N5O3/c1-16-5-4-6-22(29(16)32)24(31)25-21-13-17-15-28(18-7-9-19(30)10-8-18)26-20(17)14-23(21)27-11-2-3-12-27/h4-6,13-15,18-19,30H,2-3,7-12H2,1H3,(H-,25,31,32)/p+1/t18-,19-. The summed E-state index contributed by atoms with van der Waals surface area (Å²) in [5.41, 5.74) is 3.37. The molecule has 5 rings (SSSR count). The number of nitrogens with one attached hydrogen (secondary N) is 1. The van der Waals surface area contributed by atoms with Crippen molar-refractivity contribution in [3.63, 3.8) is 0 Å². The first-order valence-corrected chi connectivity index (χ1v) is 11.5. The maximum Gasteiger partial charge on any atom is 0.325 e. The van der Waals surface area contributed by atoms with Gasteiger partial charge in [0.25, 0.3) is 0 Å². The van der Waals surface area contributed by atoms with Crippen molar-refractivity contribution in [3.8, 4) is 0 Å². The topological polar surface area (TPSA) is 94.5 Å². The van der Waals surface area contributed by atoms with Gasteiger partial charge >= 0.3 is 11.6 Å². The van der Waals surface area contributed by atoms with Crippen LogP contribution >= 0.6 is 0 Å². The highest BCUT2D eigenvalue weighted by atomic mass is 16.5. The number of aromatic nitrogens is 3. The summed E-state index contributed by atoms with van der Waals surface area (Å²) >= 11 is 0. The third-order valence-corrected chi connectivity index (χ3v) is 6.76. The van der Waals surface area contributed by atoms with Crippen molar-refractivity contribution in [2.45, 2.75) is 57.6 Å². The summed E-state index contributed by atoms with van der Waals surface area (Å²) in [4.78, 5) is 15.3. The van der Waals surface area contributed by atoms with Crippen molar-refractivity contribution in [1.29, 1.82) is 0 Å². The van der Waals surface area contributed by atoms with Crippen LogP contribution in [-0.4, -0.2) is 45.2 Å². The smallest absolute Gasteiger partial charge is 0.325 e. The van der Waals surface area contributed by atoms with Crippen molar-refractivity contribution in [3.05, 3.63) is 47.9 Å². The van der Waals surface area contributed by atoms with Crippen LogP contribution in [-0.2, 0) is 0 Å². The number of benzene rings is 1. The Balaban J connectivity index is 1.50. The quantitative estimate of drug-likeness (QED) is 0.431. The molecule has 2 aliphatic rings. The molecule has 8 nitrogen and oxygen atoms in total. The van der Waals surface area contributed by atoms with E-state index in [-0.39, 0.29) is 17.7 Å². The summed E-state index contributed by atoms with van der Waals surface area (Å²) in [6, 6.07) is 9.45. The maximum absolute atomic E-state index is 13.0. The Kier molecular flexibility index (Phi) is 5.46. The number of carbonyl (C=O) groups excluding carboxylic acids is 1. The summed E-state index contributed by atoms with van der Waals surface area (Å²) in [6.07, 6.45) is 7.54. The van der Waals surface area contributed by atoms with Crippen LogP contribution in [0.15, 0.2) is 36.5 Å². The highest BCUT2D eigenvalue weighted by molar-refractivity contribution is 6.05. The number of aryl methyl sites for hydroxylation is 1. The number of hydrogen-bond acceptors (Lipinski definition) is 5. The zero-order chi connectivity index (χ0) is 22.2. The lowest BCUT2D eigenvalue weighted by Crippen LogP contribution is -2.42. The van der Waals surface area contributed by atoms with Crippen LogP contribution in [0.3, 0.4) is 0 Å². The monoisotopic (exact) mass is 436 g/mol. The van der Waals surface area contributed by atoms with Gasteiger partial charge in [-0.05, 0) is 56.7 Å². The van der Waals surface area contributed by atoms with Gasteiger partial charge in [-0.1, -0.05) is 0 Å². The van der Waals surface area contributed by atoms with E-state index in [0.717, 1.165) is 78.6 Å². The Morgan fingerprint density at radius 3 is 2.66 bits per heavy atom. The average molecular weight is 437 g/mol. The minimum Gasteiger partial charge on any atom is -0.393 e. The van der Waals surface area contributed by atoms with Gasteiger partial charge in [0.15, 0.2) is 0 Å². The first-order valence-electron chi connectivity index (χ1n) is 11.5. The zero-order valence-electron chi connectivity index (χ0n) is 18.4. The Bertz CT molecular complexity index is 1140. The molecule has 0 unspecified atom stereocenters. The summed E-state index contributed by atoms with van der Waals surface area (Å²) in [7, 11) is 0. The second kappa shape index (κ2) is 8.43. The van der Waals surface area contributed by atoms with Crippen LogP contribution < -0.4 is 14.9 Å². The molecule has 0 atom stereocenters. The maximum atomic E-state index is 13.0. The zero-order valence-corrected chi connectivity index (χ0v) is 18.4. The summed E-state index contributed by atoms with van der Waals surface area (Å²) in [5.74, 6) is -0.357. The molecule has 1 saturated carbocycles. The van der Waals surface area contributed by atoms with Crippen LogP contribution in [0.5, 0.6) is 0 Å². The number of aliphatic hydroxyl groups excluding tert-OH is 1. The lowest BCUT2D eigenvalue weighted by atomic mass is 9.93. The minimum atomic E-state index is -0.357. The number of nitrogens with zero attached hydrogens (tertiary/aromatic N) is 4. The predicted molar refractivity (Wildman–Crippen MR) is 121 cm³/mol. The van der Waals surface area contributed by atoms with Gasteiger partial charge in [-0.15, -0.1) is 0 Å². The highest BCUT2D eigenvalue weighted by Gasteiger charge is 2.26. The van der Waals surface area contributed by atoms with Crippen molar-refractivity contribution in [1.82, 2.24) is 9.78 Å². The summed E-state index contributed by atoms with van der Waals surface area (Å²) in [6.45, 7) is 3.64. The first kappa shape index (κ1) is 20.8. The number of amides is 1. The fourth-order valence-corrected chi connectivity index (χ4v) is 4.88. The Hall–Kier alpha value is -3.13. The molecular formula is C24H30N5O3+. The summed E-state index contributed by atoms with van der Waals surface area (Å²) < 4.78 is 2.94. The van der Waals surface area contributed by atoms with Gasteiger partial charge in [-0.25, -0.2) is 0 Å². The molecule has 1 aliphatic heterocycles. The second-order valence-corrected chi connectivity index (χ2v) is 9.01. The van der Waals surface area contributed by atoms with E-state index in [0.29, 0.717) is 11.7 Å². The SMILES string of the molecule is Cc1cccc(C(=O)Nc2cc3cn([C@H]4CC[C@H](O)CC4)nc3cc2N2CCCC2)[n+]1O. The molecule has 168 valence electrons. The summed E-state index contributed by atoms with van der Waals surface area (Å²) in [5, 5.41) is 29.0. The predicted octanol–water partition coefficient (Wildman–Crippen LogP) is 3.20. The molecule has 3 heterocycles. The van der Waals surface area contributed by atoms with Gasteiger partial charge in [0.1, 0.15) is 0 Å². The molecule has 2 aromatic heterocycles. The molecule has 3 N–H and O–H groups in total. The number of carbonyl (C=O) groups is 1. The molecule has 0 bridgehead atoms. The minimum absolute atomic E-state index is 0.189. The van der Waals surface area contributed by atoms with E-state index in [2.05, 4.69) is 16.3 Å². The molecule has 1 aliphatic carbocycles. The molecule has 1 saturated heterocycles. The van der Waals surface area contributed by atoms with E-state index in [4.69, 9.17) is 5.10 Å². The van der Waals surface area contributed by atoms with E-state index in [1.807, 2.05) is 16.9 Å². The van der Waals surface area contributed by atoms with Crippen molar-refractivity contribution in [2.24, 2.45) is 0 Å². The molecule has 1 aromatic carbocycles. The molecular weight excluding hydrogens is 406 g/mol. The number of rotatable bonds is 4. The third kappa shape index (κ3) is 3.90. The molecule has 1 amide bonds. The number of pyridine rings is 1. The Labute approximate surface area is 187 Å². The van der Waals surface area contributed by atoms with Crippen molar-refractivity contribution in [2.75, 3.05) is 23.3 Å².